The van der Waals surface area contributed by atoms with E-state index >= 15 is 0 Å². The first-order valence-electron chi connectivity index (χ1n) is 6.63. The van der Waals surface area contributed by atoms with E-state index in [2.05, 4.69) is 9.46 Å². The Balaban J connectivity index is 1.88. The summed E-state index contributed by atoms with van der Waals surface area (Å²) in [6, 6.07) is 4.75. The summed E-state index contributed by atoms with van der Waals surface area (Å²) in [4.78, 5) is 0. The predicted octanol–water partition coefficient (Wildman–Crippen LogP) is 2.04. The van der Waals surface area contributed by atoms with E-state index in [1.54, 1.807) is 0 Å². The van der Waals surface area contributed by atoms with Crippen molar-refractivity contribution in [2.75, 3.05) is 19.8 Å². The third-order valence-electron chi connectivity index (χ3n) is 3.13. The van der Waals surface area contributed by atoms with Gasteiger partial charge in [0.05, 0.1) is 12.4 Å². The maximum absolute atomic E-state index is 12.0. The van der Waals surface area contributed by atoms with Gasteiger partial charge >= 0.3 is 6.36 Å². The number of alkyl halides is 3. The highest BCUT2D eigenvalue weighted by atomic mass is 32.2. The maximum Gasteiger partial charge on any atom is 0.573 e. The molecule has 1 atom stereocenters. The summed E-state index contributed by atoms with van der Waals surface area (Å²) in [5, 5.41) is 0. The standard InChI is InChI=1S/C13H16F3NO4S/c14-13(15,16)21-12-3-1-10(2-4-12)9-22(18,19)17-7-11-5-6-20-8-11/h1-4,11,17H,5-9H2/t11-/m1/s1. The highest BCUT2D eigenvalue weighted by molar-refractivity contribution is 7.88. The van der Waals surface area contributed by atoms with Crippen molar-refractivity contribution in [2.45, 2.75) is 18.5 Å². The minimum Gasteiger partial charge on any atom is -0.406 e. The molecule has 124 valence electrons. The molecule has 5 nitrogen and oxygen atoms in total. The van der Waals surface area contributed by atoms with Crippen LogP contribution in [-0.4, -0.2) is 34.5 Å². The highest BCUT2D eigenvalue weighted by Gasteiger charge is 2.31. The monoisotopic (exact) mass is 339 g/mol. The van der Waals surface area contributed by atoms with E-state index in [4.69, 9.17) is 4.74 Å². The van der Waals surface area contributed by atoms with Crippen LogP contribution in [0.4, 0.5) is 13.2 Å². The number of sulfonamides is 1. The minimum atomic E-state index is -4.77. The fraction of sp³-hybridized carbons (Fsp3) is 0.538. The van der Waals surface area contributed by atoms with Gasteiger partial charge in [-0.05, 0) is 30.0 Å². The zero-order valence-corrected chi connectivity index (χ0v) is 12.4. The summed E-state index contributed by atoms with van der Waals surface area (Å²) in [7, 11) is -3.54. The lowest BCUT2D eigenvalue weighted by molar-refractivity contribution is -0.274. The second-order valence-electron chi connectivity index (χ2n) is 5.03. The molecule has 1 fully saturated rings. The number of hydrogen-bond donors (Lipinski definition) is 1. The molecule has 0 aliphatic carbocycles. The van der Waals surface area contributed by atoms with Gasteiger partial charge in [-0.3, -0.25) is 0 Å². The fourth-order valence-electron chi connectivity index (χ4n) is 2.05. The molecule has 1 aliphatic rings. The first-order valence-corrected chi connectivity index (χ1v) is 8.28. The summed E-state index contributed by atoms with van der Waals surface area (Å²) >= 11 is 0. The minimum absolute atomic E-state index is 0.164. The highest BCUT2D eigenvalue weighted by Crippen LogP contribution is 2.23. The molecule has 0 unspecified atom stereocenters. The lowest BCUT2D eigenvalue weighted by Crippen LogP contribution is -2.30. The number of benzene rings is 1. The van der Waals surface area contributed by atoms with Crippen LogP contribution in [0.2, 0.25) is 0 Å². The van der Waals surface area contributed by atoms with Gasteiger partial charge in [-0.1, -0.05) is 12.1 Å². The van der Waals surface area contributed by atoms with Crippen molar-refractivity contribution in [3.63, 3.8) is 0 Å². The van der Waals surface area contributed by atoms with Crippen LogP contribution in [0.1, 0.15) is 12.0 Å². The number of ether oxygens (including phenoxy) is 2. The molecule has 0 bridgehead atoms. The summed E-state index contributed by atoms with van der Waals surface area (Å²) in [5.41, 5.74) is 0.379. The zero-order valence-electron chi connectivity index (χ0n) is 11.6. The van der Waals surface area contributed by atoms with Crippen LogP contribution in [0.3, 0.4) is 0 Å². The van der Waals surface area contributed by atoms with Crippen LogP contribution in [0, 0.1) is 5.92 Å². The van der Waals surface area contributed by atoms with Gasteiger partial charge in [0.25, 0.3) is 0 Å². The van der Waals surface area contributed by atoms with E-state index in [1.165, 1.54) is 12.1 Å². The average Bonchev–Trinajstić information content (AvgIpc) is 2.90. The van der Waals surface area contributed by atoms with E-state index in [0.717, 1.165) is 18.6 Å². The van der Waals surface area contributed by atoms with Crippen LogP contribution < -0.4 is 9.46 Å². The van der Waals surface area contributed by atoms with Gasteiger partial charge in [0.2, 0.25) is 10.0 Å². The van der Waals surface area contributed by atoms with Gasteiger partial charge in [-0.2, -0.15) is 0 Å². The van der Waals surface area contributed by atoms with E-state index in [9.17, 15) is 21.6 Å². The summed E-state index contributed by atoms with van der Waals surface area (Å²) in [5.74, 6) is -0.519. The van der Waals surface area contributed by atoms with E-state index < -0.39 is 16.4 Å². The molecule has 0 saturated carbocycles. The Labute approximate surface area is 126 Å². The molecule has 1 saturated heterocycles. The Kier molecular flexibility index (Phi) is 5.30. The molecule has 22 heavy (non-hydrogen) atoms. The molecule has 1 aliphatic heterocycles. The summed E-state index contributed by atoms with van der Waals surface area (Å²) in [6.07, 6.45) is -3.95. The molecule has 1 heterocycles. The molecule has 1 aromatic rings. The van der Waals surface area contributed by atoms with Crippen LogP contribution >= 0.6 is 0 Å². The van der Waals surface area contributed by atoms with Gasteiger partial charge in [0, 0.05) is 13.2 Å². The average molecular weight is 339 g/mol. The van der Waals surface area contributed by atoms with Crippen molar-refractivity contribution < 1.29 is 31.1 Å². The first-order chi connectivity index (χ1) is 10.2. The quantitative estimate of drug-likeness (QED) is 0.861. The molecule has 0 radical (unpaired) electrons. The maximum atomic E-state index is 12.0. The second kappa shape index (κ2) is 6.84. The molecule has 0 amide bonds. The van der Waals surface area contributed by atoms with Crippen molar-refractivity contribution in [3.8, 4) is 5.75 Å². The van der Waals surface area contributed by atoms with Crippen molar-refractivity contribution >= 4 is 10.0 Å². The van der Waals surface area contributed by atoms with Crippen LogP contribution in [0.15, 0.2) is 24.3 Å². The Morgan fingerprint density at radius 1 is 1.27 bits per heavy atom. The smallest absolute Gasteiger partial charge is 0.406 e. The topological polar surface area (TPSA) is 64.6 Å². The zero-order chi connectivity index (χ0) is 16.2. The van der Waals surface area contributed by atoms with Gasteiger partial charge in [0.15, 0.2) is 0 Å². The van der Waals surface area contributed by atoms with Crippen molar-refractivity contribution in [1.82, 2.24) is 4.72 Å². The Hall–Kier alpha value is -1.32. The third-order valence-corrected chi connectivity index (χ3v) is 4.45. The van der Waals surface area contributed by atoms with Gasteiger partial charge in [-0.25, -0.2) is 13.1 Å². The SMILES string of the molecule is O=S(=O)(Cc1ccc(OC(F)(F)F)cc1)NC[C@H]1CCOC1. The lowest BCUT2D eigenvalue weighted by atomic mass is 10.1. The molecular formula is C13H16F3NO4S. The largest absolute Gasteiger partial charge is 0.573 e. The van der Waals surface area contributed by atoms with Crippen molar-refractivity contribution in [1.29, 1.82) is 0 Å². The molecular weight excluding hydrogens is 323 g/mol. The van der Waals surface area contributed by atoms with Gasteiger partial charge < -0.3 is 9.47 Å². The number of nitrogens with one attached hydrogen (secondary N) is 1. The van der Waals surface area contributed by atoms with E-state index in [0.29, 0.717) is 25.3 Å². The number of halogens is 3. The van der Waals surface area contributed by atoms with E-state index in [-0.39, 0.29) is 17.4 Å². The van der Waals surface area contributed by atoms with Gasteiger partial charge in [0.1, 0.15) is 5.75 Å². The predicted molar refractivity (Wildman–Crippen MR) is 72.7 cm³/mol. The molecule has 1 N–H and O–H groups in total. The Morgan fingerprint density at radius 3 is 2.50 bits per heavy atom. The fourth-order valence-corrected chi connectivity index (χ4v) is 3.27. The second-order valence-corrected chi connectivity index (χ2v) is 6.84. The molecule has 1 aromatic carbocycles. The lowest BCUT2D eigenvalue weighted by Gasteiger charge is -2.11. The van der Waals surface area contributed by atoms with Crippen LogP contribution in [0.25, 0.3) is 0 Å². The van der Waals surface area contributed by atoms with Crippen LogP contribution in [-0.2, 0) is 20.5 Å². The first kappa shape index (κ1) is 17.0. The molecule has 9 heteroatoms. The van der Waals surface area contributed by atoms with Crippen LogP contribution in [0.5, 0.6) is 5.75 Å². The van der Waals surface area contributed by atoms with E-state index in [1.807, 2.05) is 0 Å². The Bertz CT molecular complexity index is 580. The summed E-state index contributed by atoms with van der Waals surface area (Å²) < 4.78 is 71.2. The third kappa shape index (κ3) is 5.82. The van der Waals surface area contributed by atoms with Crippen molar-refractivity contribution in [2.24, 2.45) is 5.92 Å². The van der Waals surface area contributed by atoms with Crippen molar-refractivity contribution in [3.05, 3.63) is 29.8 Å². The summed E-state index contributed by atoms with van der Waals surface area (Å²) in [6.45, 7) is 1.47. The Morgan fingerprint density at radius 2 is 1.95 bits per heavy atom. The molecule has 2 rings (SSSR count). The normalized spacial score (nSPS) is 19.3. The molecule has 0 spiro atoms. The number of rotatable bonds is 6. The molecule has 0 aromatic heterocycles. The number of hydrogen-bond acceptors (Lipinski definition) is 4. The van der Waals surface area contributed by atoms with Gasteiger partial charge in [-0.15, -0.1) is 13.2 Å².